The molecule has 0 radical (unpaired) electrons. The van der Waals surface area contributed by atoms with E-state index in [0.29, 0.717) is 12.2 Å². The minimum Gasteiger partial charge on any atom is -0.481 e. The molecule has 0 heterocycles. The molecule has 1 amide bonds. The second-order valence-electron chi connectivity index (χ2n) is 4.97. The summed E-state index contributed by atoms with van der Waals surface area (Å²) in [6.07, 6.45) is 0. The van der Waals surface area contributed by atoms with Crippen molar-refractivity contribution >= 4 is 33.5 Å². The average Bonchev–Trinajstić information content (AvgIpc) is 2.32. The number of likely N-dealkylation sites (N-methyl/N-ethyl adjacent to an activating group) is 1. The molecule has 1 unspecified atom stereocenters. The molecule has 5 nitrogen and oxygen atoms in total. The van der Waals surface area contributed by atoms with Crippen LogP contribution < -0.4 is 5.32 Å². The second-order valence-corrected chi connectivity index (χ2v) is 5.82. The Morgan fingerprint density at radius 3 is 2.65 bits per heavy atom. The van der Waals surface area contributed by atoms with Gasteiger partial charge in [0.25, 0.3) is 0 Å². The summed E-state index contributed by atoms with van der Waals surface area (Å²) in [6.45, 7) is 4.07. The van der Waals surface area contributed by atoms with Crippen LogP contribution in [-0.2, 0) is 9.59 Å². The van der Waals surface area contributed by atoms with E-state index in [0.717, 1.165) is 10.0 Å². The number of hydrogen-bond donors (Lipinski definition) is 2. The van der Waals surface area contributed by atoms with E-state index in [1.165, 1.54) is 0 Å². The maximum Gasteiger partial charge on any atom is 0.307 e. The molecule has 1 aromatic rings. The van der Waals surface area contributed by atoms with Crippen LogP contribution in [0.2, 0.25) is 0 Å². The minimum atomic E-state index is -0.862. The molecule has 0 saturated heterocycles. The molecule has 0 fully saturated rings. The fraction of sp³-hybridized carbons (Fsp3) is 0.429. The summed E-state index contributed by atoms with van der Waals surface area (Å²) in [7, 11) is 1.73. The van der Waals surface area contributed by atoms with Gasteiger partial charge in [0.05, 0.1) is 18.2 Å². The van der Waals surface area contributed by atoms with Crippen LogP contribution in [0.5, 0.6) is 0 Å². The Bertz CT molecular complexity index is 505. The molecule has 0 aliphatic heterocycles. The molecular weight excluding hydrogens is 324 g/mol. The molecule has 0 bridgehead atoms. The van der Waals surface area contributed by atoms with Crippen molar-refractivity contribution < 1.29 is 14.7 Å². The van der Waals surface area contributed by atoms with Gasteiger partial charge in [0.1, 0.15) is 0 Å². The third-order valence-electron chi connectivity index (χ3n) is 2.82. The summed E-state index contributed by atoms with van der Waals surface area (Å²) in [5.41, 5.74) is 1.81. The van der Waals surface area contributed by atoms with Gasteiger partial charge in [-0.3, -0.25) is 14.5 Å². The SMILES string of the molecule is Cc1ccc(NC(=O)CN(C)CC(C)C(=O)O)c(Br)c1. The maximum atomic E-state index is 11.9. The van der Waals surface area contributed by atoms with Gasteiger partial charge in [-0.2, -0.15) is 0 Å². The lowest BCUT2D eigenvalue weighted by molar-refractivity contribution is -0.141. The predicted octanol–water partition coefficient (Wildman–Crippen LogP) is 2.35. The Kier molecular flexibility index (Phi) is 6.16. The van der Waals surface area contributed by atoms with Crippen molar-refractivity contribution in [3.8, 4) is 0 Å². The number of aryl methyl sites for hydroxylation is 1. The molecular formula is C14H19BrN2O3. The third kappa shape index (κ3) is 5.30. The highest BCUT2D eigenvalue weighted by Crippen LogP contribution is 2.23. The van der Waals surface area contributed by atoms with Gasteiger partial charge in [-0.05, 0) is 47.6 Å². The van der Waals surface area contributed by atoms with Crippen LogP contribution in [0.15, 0.2) is 22.7 Å². The van der Waals surface area contributed by atoms with E-state index in [4.69, 9.17) is 5.11 Å². The summed E-state index contributed by atoms with van der Waals surface area (Å²) in [5.74, 6) is -1.54. The lowest BCUT2D eigenvalue weighted by Gasteiger charge is -2.18. The zero-order valence-corrected chi connectivity index (χ0v) is 13.4. The lowest BCUT2D eigenvalue weighted by atomic mass is 10.2. The summed E-state index contributed by atoms with van der Waals surface area (Å²) in [5, 5.41) is 11.6. The molecule has 2 N–H and O–H groups in total. The number of hydrogen-bond acceptors (Lipinski definition) is 3. The molecule has 20 heavy (non-hydrogen) atoms. The molecule has 110 valence electrons. The van der Waals surface area contributed by atoms with Crippen molar-refractivity contribution in [1.29, 1.82) is 0 Å². The predicted molar refractivity (Wildman–Crippen MR) is 81.8 cm³/mol. The van der Waals surface area contributed by atoms with Crippen molar-refractivity contribution in [3.05, 3.63) is 28.2 Å². The quantitative estimate of drug-likeness (QED) is 0.832. The van der Waals surface area contributed by atoms with E-state index in [1.807, 2.05) is 25.1 Å². The smallest absolute Gasteiger partial charge is 0.307 e. The van der Waals surface area contributed by atoms with E-state index in [9.17, 15) is 9.59 Å². The highest BCUT2D eigenvalue weighted by Gasteiger charge is 2.15. The van der Waals surface area contributed by atoms with Crippen molar-refractivity contribution in [2.24, 2.45) is 5.92 Å². The van der Waals surface area contributed by atoms with Gasteiger partial charge in [0, 0.05) is 11.0 Å². The number of carboxylic acids is 1. The number of carboxylic acid groups (broad SMARTS) is 1. The highest BCUT2D eigenvalue weighted by atomic mass is 79.9. The maximum absolute atomic E-state index is 11.9. The van der Waals surface area contributed by atoms with Crippen LogP contribution in [0.4, 0.5) is 5.69 Å². The van der Waals surface area contributed by atoms with Crippen molar-refractivity contribution in [3.63, 3.8) is 0 Å². The Morgan fingerprint density at radius 2 is 2.10 bits per heavy atom. The molecule has 6 heteroatoms. The average molecular weight is 343 g/mol. The van der Waals surface area contributed by atoms with Gasteiger partial charge >= 0.3 is 5.97 Å². The fourth-order valence-corrected chi connectivity index (χ4v) is 2.36. The van der Waals surface area contributed by atoms with E-state index >= 15 is 0 Å². The van der Waals surface area contributed by atoms with Gasteiger partial charge < -0.3 is 10.4 Å². The van der Waals surface area contributed by atoms with Crippen LogP contribution in [0, 0.1) is 12.8 Å². The lowest BCUT2D eigenvalue weighted by Crippen LogP contribution is -2.35. The van der Waals surface area contributed by atoms with Gasteiger partial charge in [0.2, 0.25) is 5.91 Å². The number of nitrogens with one attached hydrogen (secondary N) is 1. The number of nitrogens with zero attached hydrogens (tertiary/aromatic N) is 1. The van der Waals surface area contributed by atoms with Gasteiger partial charge in [0.15, 0.2) is 0 Å². The van der Waals surface area contributed by atoms with Crippen LogP contribution in [0.25, 0.3) is 0 Å². The zero-order valence-electron chi connectivity index (χ0n) is 11.8. The molecule has 0 saturated carbocycles. The molecule has 0 aromatic heterocycles. The first-order valence-corrected chi connectivity index (χ1v) is 7.06. The van der Waals surface area contributed by atoms with E-state index in [1.54, 1.807) is 18.9 Å². The van der Waals surface area contributed by atoms with Gasteiger partial charge in [-0.15, -0.1) is 0 Å². The molecule has 1 atom stereocenters. The van der Waals surface area contributed by atoms with E-state index < -0.39 is 11.9 Å². The normalized spacial score (nSPS) is 12.2. The largest absolute Gasteiger partial charge is 0.481 e. The van der Waals surface area contributed by atoms with Crippen LogP contribution in [0.1, 0.15) is 12.5 Å². The van der Waals surface area contributed by atoms with Crippen LogP contribution in [0.3, 0.4) is 0 Å². The standard InChI is InChI=1S/C14H19BrN2O3/c1-9-4-5-12(11(15)6-9)16-13(18)8-17(3)7-10(2)14(19)20/h4-6,10H,7-8H2,1-3H3,(H,16,18)(H,19,20). The fourth-order valence-electron chi connectivity index (χ4n) is 1.77. The number of rotatable bonds is 6. The summed E-state index contributed by atoms with van der Waals surface area (Å²) in [6, 6.07) is 5.67. The van der Waals surface area contributed by atoms with E-state index in [-0.39, 0.29) is 12.5 Å². The minimum absolute atomic E-state index is 0.151. The van der Waals surface area contributed by atoms with Crippen molar-refractivity contribution in [2.45, 2.75) is 13.8 Å². The highest BCUT2D eigenvalue weighted by molar-refractivity contribution is 9.10. The first-order valence-electron chi connectivity index (χ1n) is 6.27. The van der Waals surface area contributed by atoms with Gasteiger partial charge in [-0.25, -0.2) is 0 Å². The van der Waals surface area contributed by atoms with Crippen molar-refractivity contribution in [2.75, 3.05) is 25.5 Å². The monoisotopic (exact) mass is 342 g/mol. The number of halogens is 1. The van der Waals surface area contributed by atoms with Crippen molar-refractivity contribution in [1.82, 2.24) is 4.90 Å². The Morgan fingerprint density at radius 1 is 1.45 bits per heavy atom. The summed E-state index contributed by atoms with van der Waals surface area (Å²) in [4.78, 5) is 24.3. The number of carbonyl (C=O) groups is 2. The third-order valence-corrected chi connectivity index (χ3v) is 3.48. The summed E-state index contributed by atoms with van der Waals surface area (Å²) >= 11 is 3.40. The number of benzene rings is 1. The Labute approximate surface area is 127 Å². The first kappa shape index (κ1) is 16.7. The molecule has 1 rings (SSSR count). The van der Waals surface area contributed by atoms with Crippen LogP contribution >= 0.6 is 15.9 Å². The second kappa shape index (κ2) is 7.40. The number of carbonyl (C=O) groups excluding carboxylic acids is 1. The molecule has 0 aliphatic carbocycles. The van der Waals surface area contributed by atoms with Gasteiger partial charge in [-0.1, -0.05) is 13.0 Å². The van der Waals surface area contributed by atoms with Crippen LogP contribution in [-0.4, -0.2) is 42.0 Å². The van der Waals surface area contributed by atoms with E-state index in [2.05, 4.69) is 21.2 Å². The zero-order chi connectivity index (χ0) is 15.3. The topological polar surface area (TPSA) is 69.6 Å². The molecule has 1 aromatic carbocycles. The molecule has 0 aliphatic rings. The first-order chi connectivity index (χ1) is 9.29. The number of anilines is 1. The number of aliphatic carboxylic acids is 1. The Hall–Kier alpha value is -1.40. The number of amides is 1. The Balaban J connectivity index is 2.53. The molecule has 0 spiro atoms. The summed E-state index contributed by atoms with van der Waals surface area (Å²) < 4.78 is 0.826.